The Hall–Kier alpha value is -0.180. The van der Waals surface area contributed by atoms with Crippen molar-refractivity contribution in [2.45, 2.75) is 40.5 Å². The molecule has 0 spiro atoms. The summed E-state index contributed by atoms with van der Waals surface area (Å²) in [6.45, 7) is 8.19. The maximum absolute atomic E-state index is 12.0. The maximum Gasteiger partial charge on any atom is 0.338 e. The van der Waals surface area contributed by atoms with Gasteiger partial charge < -0.3 is 9.05 Å². The summed E-state index contributed by atoms with van der Waals surface area (Å²) in [5.74, 6) is 0.432. The summed E-state index contributed by atoms with van der Waals surface area (Å²) in [7, 11) is -3.18. The molecule has 0 saturated heterocycles. The molecule has 0 rings (SSSR count). The van der Waals surface area contributed by atoms with Crippen molar-refractivity contribution in [3.63, 3.8) is 0 Å². The Labute approximate surface area is 98.2 Å². The predicted molar refractivity (Wildman–Crippen MR) is 64.8 cm³/mol. The zero-order chi connectivity index (χ0) is 12.6. The highest BCUT2D eigenvalue weighted by Gasteiger charge is 2.27. The van der Waals surface area contributed by atoms with E-state index in [0.717, 1.165) is 6.42 Å². The lowest BCUT2D eigenvalue weighted by Crippen LogP contribution is -2.10. The van der Waals surface area contributed by atoms with E-state index in [0.29, 0.717) is 25.6 Å². The normalized spacial score (nSPS) is 12.1. The summed E-state index contributed by atoms with van der Waals surface area (Å²) in [6, 6.07) is 0. The molecule has 5 heteroatoms. The minimum Gasteiger partial charge on any atom is -0.309 e. The SMILES string of the molecule is CCOP(=O)(CC(=O)CCC(C)C)OCC. The molecule has 0 aromatic carbocycles. The van der Waals surface area contributed by atoms with Crippen LogP contribution in [-0.2, 0) is 18.4 Å². The fraction of sp³-hybridized carbons (Fsp3) is 0.909. The molecule has 16 heavy (non-hydrogen) atoms. The first-order valence-electron chi connectivity index (χ1n) is 5.83. The molecule has 0 aromatic rings. The Morgan fingerprint density at radius 1 is 1.19 bits per heavy atom. The second-order valence-electron chi connectivity index (χ2n) is 4.08. The van der Waals surface area contributed by atoms with Gasteiger partial charge in [-0.15, -0.1) is 0 Å². The topological polar surface area (TPSA) is 52.6 Å². The van der Waals surface area contributed by atoms with Crippen molar-refractivity contribution in [3.05, 3.63) is 0 Å². The highest BCUT2D eigenvalue weighted by molar-refractivity contribution is 7.54. The number of hydrogen-bond donors (Lipinski definition) is 0. The van der Waals surface area contributed by atoms with Gasteiger partial charge in [-0.1, -0.05) is 13.8 Å². The molecule has 0 amide bonds. The average Bonchev–Trinajstić information content (AvgIpc) is 2.15. The van der Waals surface area contributed by atoms with Crippen LogP contribution in [0, 0.1) is 5.92 Å². The van der Waals surface area contributed by atoms with E-state index in [2.05, 4.69) is 13.8 Å². The van der Waals surface area contributed by atoms with Gasteiger partial charge in [-0.3, -0.25) is 9.36 Å². The molecule has 4 nitrogen and oxygen atoms in total. The fourth-order valence-electron chi connectivity index (χ4n) is 1.27. The molecule has 0 radical (unpaired) electrons. The summed E-state index contributed by atoms with van der Waals surface area (Å²) < 4.78 is 22.1. The molecule has 0 aliphatic carbocycles. The van der Waals surface area contributed by atoms with Gasteiger partial charge in [0.05, 0.1) is 13.2 Å². The van der Waals surface area contributed by atoms with E-state index in [9.17, 15) is 9.36 Å². The summed E-state index contributed by atoms with van der Waals surface area (Å²) in [6.07, 6.45) is 1.17. The Morgan fingerprint density at radius 3 is 2.06 bits per heavy atom. The van der Waals surface area contributed by atoms with Crippen LogP contribution in [0.15, 0.2) is 0 Å². The number of ketones is 1. The molecule has 0 unspecified atom stereocenters. The number of carbonyl (C=O) groups excluding carboxylic acids is 1. The van der Waals surface area contributed by atoms with Crippen molar-refractivity contribution in [2.75, 3.05) is 19.4 Å². The molecule has 0 aromatic heterocycles. The highest BCUT2D eigenvalue weighted by atomic mass is 31.2. The first-order chi connectivity index (χ1) is 7.43. The molecule has 0 aliphatic rings. The van der Waals surface area contributed by atoms with E-state index in [4.69, 9.17) is 9.05 Å². The van der Waals surface area contributed by atoms with Crippen molar-refractivity contribution in [2.24, 2.45) is 5.92 Å². The van der Waals surface area contributed by atoms with Gasteiger partial charge in [0.15, 0.2) is 0 Å². The van der Waals surface area contributed by atoms with Crippen molar-refractivity contribution < 1.29 is 18.4 Å². The largest absolute Gasteiger partial charge is 0.338 e. The van der Waals surface area contributed by atoms with Crippen LogP contribution in [0.1, 0.15) is 40.5 Å². The molecule has 0 atom stereocenters. The van der Waals surface area contributed by atoms with Crippen LogP contribution in [0.25, 0.3) is 0 Å². The van der Waals surface area contributed by atoms with E-state index in [1.807, 2.05) is 0 Å². The van der Waals surface area contributed by atoms with Crippen LogP contribution in [0.2, 0.25) is 0 Å². The van der Waals surface area contributed by atoms with E-state index in [1.165, 1.54) is 0 Å². The second-order valence-corrected chi connectivity index (χ2v) is 6.13. The lowest BCUT2D eigenvalue weighted by atomic mass is 10.1. The van der Waals surface area contributed by atoms with E-state index >= 15 is 0 Å². The summed E-state index contributed by atoms with van der Waals surface area (Å²) in [5.41, 5.74) is 0. The molecule has 0 N–H and O–H groups in total. The van der Waals surface area contributed by atoms with E-state index in [1.54, 1.807) is 13.8 Å². The average molecular weight is 250 g/mol. The van der Waals surface area contributed by atoms with Gasteiger partial charge in [0.2, 0.25) is 0 Å². The van der Waals surface area contributed by atoms with Gasteiger partial charge in [-0.05, 0) is 26.2 Å². The minimum atomic E-state index is -3.18. The Bertz CT molecular complexity index is 240. The monoisotopic (exact) mass is 250 g/mol. The Balaban J connectivity index is 4.18. The highest BCUT2D eigenvalue weighted by Crippen LogP contribution is 2.48. The summed E-state index contributed by atoms with van der Waals surface area (Å²) in [5, 5.41) is 0. The third kappa shape index (κ3) is 7.15. The van der Waals surface area contributed by atoms with Crippen LogP contribution >= 0.6 is 7.60 Å². The van der Waals surface area contributed by atoms with Gasteiger partial charge >= 0.3 is 7.60 Å². The van der Waals surface area contributed by atoms with Gasteiger partial charge in [0.1, 0.15) is 11.9 Å². The molecule has 0 fully saturated rings. The first-order valence-corrected chi connectivity index (χ1v) is 7.56. The third-order valence-corrected chi connectivity index (χ3v) is 4.07. The van der Waals surface area contributed by atoms with E-state index < -0.39 is 7.60 Å². The molecule has 0 heterocycles. The fourth-order valence-corrected chi connectivity index (χ4v) is 2.90. The van der Waals surface area contributed by atoms with Crippen LogP contribution in [-0.4, -0.2) is 25.2 Å². The van der Waals surface area contributed by atoms with Crippen LogP contribution < -0.4 is 0 Å². The molecular weight excluding hydrogens is 227 g/mol. The van der Waals surface area contributed by atoms with E-state index in [-0.39, 0.29) is 11.9 Å². The molecular formula is C11H23O4P. The van der Waals surface area contributed by atoms with Crippen molar-refractivity contribution in [1.29, 1.82) is 0 Å². The van der Waals surface area contributed by atoms with Gasteiger partial charge in [-0.25, -0.2) is 0 Å². The van der Waals surface area contributed by atoms with Crippen LogP contribution in [0.3, 0.4) is 0 Å². The standard InChI is InChI=1S/C11H23O4P/c1-5-14-16(13,15-6-2)9-11(12)8-7-10(3)4/h10H,5-9H2,1-4H3. The molecule has 96 valence electrons. The van der Waals surface area contributed by atoms with Crippen molar-refractivity contribution in [1.82, 2.24) is 0 Å². The first kappa shape index (κ1) is 15.8. The lowest BCUT2D eigenvalue weighted by Gasteiger charge is -2.16. The van der Waals surface area contributed by atoms with Crippen molar-refractivity contribution >= 4 is 13.4 Å². The number of rotatable bonds is 9. The third-order valence-electron chi connectivity index (χ3n) is 2.02. The molecule has 0 bridgehead atoms. The van der Waals surface area contributed by atoms with Gasteiger partial charge in [0.25, 0.3) is 0 Å². The zero-order valence-corrected chi connectivity index (χ0v) is 11.6. The number of carbonyl (C=O) groups is 1. The molecule has 0 aliphatic heterocycles. The number of hydrogen-bond acceptors (Lipinski definition) is 4. The predicted octanol–water partition coefficient (Wildman–Crippen LogP) is 3.26. The van der Waals surface area contributed by atoms with Crippen LogP contribution in [0.4, 0.5) is 0 Å². The zero-order valence-electron chi connectivity index (χ0n) is 10.7. The van der Waals surface area contributed by atoms with Gasteiger partial charge in [-0.2, -0.15) is 0 Å². The second kappa shape index (κ2) is 7.99. The smallest absolute Gasteiger partial charge is 0.309 e. The maximum atomic E-state index is 12.0. The summed E-state index contributed by atoms with van der Waals surface area (Å²) in [4.78, 5) is 11.6. The van der Waals surface area contributed by atoms with Crippen molar-refractivity contribution in [3.8, 4) is 0 Å². The minimum absolute atomic E-state index is 0.0427. The summed E-state index contributed by atoms with van der Waals surface area (Å²) >= 11 is 0. The lowest BCUT2D eigenvalue weighted by molar-refractivity contribution is -0.117. The Kier molecular flexibility index (Phi) is 7.90. The quantitative estimate of drug-likeness (QED) is 0.589. The molecule has 0 saturated carbocycles. The van der Waals surface area contributed by atoms with Gasteiger partial charge in [0, 0.05) is 6.42 Å². The Morgan fingerprint density at radius 2 is 1.69 bits per heavy atom. The number of Topliss-reactive ketones (excluding diaryl/α,β-unsaturated/α-hetero) is 1. The van der Waals surface area contributed by atoms with Crippen LogP contribution in [0.5, 0.6) is 0 Å².